The van der Waals surface area contributed by atoms with E-state index < -0.39 is 0 Å². The maximum atomic E-state index is 11.0. The van der Waals surface area contributed by atoms with Crippen molar-refractivity contribution in [2.45, 2.75) is 6.92 Å². The lowest BCUT2D eigenvalue weighted by Gasteiger charge is -1.99. The first-order valence-electron chi connectivity index (χ1n) is 2.94. The number of nitrogens with zero attached hydrogens (tertiary/aromatic N) is 1. The Balaban J connectivity index is 3.43. The SMILES string of the molecule is Cc1cc(=O)n(C)cc1I. The van der Waals surface area contributed by atoms with Gasteiger partial charge in [-0.25, -0.2) is 0 Å². The smallest absolute Gasteiger partial charge is 0.250 e. The summed E-state index contributed by atoms with van der Waals surface area (Å²) in [6, 6.07) is 1.64. The van der Waals surface area contributed by atoms with Crippen LogP contribution in [0.3, 0.4) is 0 Å². The summed E-state index contributed by atoms with van der Waals surface area (Å²) in [5.41, 5.74) is 1.10. The lowest BCUT2D eigenvalue weighted by atomic mass is 10.3. The third kappa shape index (κ3) is 1.39. The second-order valence-electron chi connectivity index (χ2n) is 2.25. The van der Waals surface area contributed by atoms with Gasteiger partial charge in [0.05, 0.1) is 0 Å². The highest BCUT2D eigenvalue weighted by Crippen LogP contribution is 2.05. The Kier molecular flexibility index (Phi) is 2.13. The summed E-state index contributed by atoms with van der Waals surface area (Å²) in [5, 5.41) is 0. The van der Waals surface area contributed by atoms with Crippen LogP contribution in [0.5, 0.6) is 0 Å². The van der Waals surface area contributed by atoms with Crippen LogP contribution in [0.15, 0.2) is 17.1 Å². The predicted molar refractivity (Wildman–Crippen MR) is 49.1 cm³/mol. The van der Waals surface area contributed by atoms with Gasteiger partial charge in [0.15, 0.2) is 0 Å². The lowest BCUT2D eigenvalue weighted by Crippen LogP contribution is -2.15. The van der Waals surface area contributed by atoms with Crippen LogP contribution in [0.25, 0.3) is 0 Å². The van der Waals surface area contributed by atoms with Crippen LogP contribution in [0.4, 0.5) is 0 Å². The molecule has 1 aromatic rings. The highest BCUT2D eigenvalue weighted by Gasteiger charge is 1.95. The molecule has 1 rings (SSSR count). The Morgan fingerprint density at radius 2 is 2.20 bits per heavy atom. The van der Waals surface area contributed by atoms with Crippen LogP contribution in [-0.4, -0.2) is 4.57 Å². The maximum absolute atomic E-state index is 11.0. The summed E-state index contributed by atoms with van der Waals surface area (Å²) in [6.07, 6.45) is 1.83. The van der Waals surface area contributed by atoms with Crippen LogP contribution in [-0.2, 0) is 7.05 Å². The normalized spacial score (nSPS) is 9.90. The maximum Gasteiger partial charge on any atom is 0.250 e. The van der Waals surface area contributed by atoms with Gasteiger partial charge in [0.1, 0.15) is 0 Å². The van der Waals surface area contributed by atoms with Crippen LogP contribution >= 0.6 is 22.6 Å². The predicted octanol–water partition coefficient (Wildman–Crippen LogP) is 1.30. The monoisotopic (exact) mass is 249 g/mol. The lowest BCUT2D eigenvalue weighted by molar-refractivity contribution is 0.850. The third-order valence-corrected chi connectivity index (χ3v) is 2.50. The molecule has 10 heavy (non-hydrogen) atoms. The van der Waals surface area contributed by atoms with Crippen molar-refractivity contribution < 1.29 is 0 Å². The van der Waals surface area contributed by atoms with E-state index in [1.165, 1.54) is 0 Å². The molecule has 3 heteroatoms. The van der Waals surface area contributed by atoms with E-state index in [0.29, 0.717) is 0 Å². The van der Waals surface area contributed by atoms with Crippen molar-refractivity contribution in [3.05, 3.63) is 31.8 Å². The fraction of sp³-hybridized carbons (Fsp3) is 0.286. The fourth-order valence-electron chi connectivity index (χ4n) is 0.691. The summed E-state index contributed by atoms with van der Waals surface area (Å²) in [7, 11) is 1.75. The second-order valence-corrected chi connectivity index (χ2v) is 3.42. The molecule has 0 unspecified atom stereocenters. The largest absolute Gasteiger partial charge is 0.318 e. The van der Waals surface area contributed by atoms with Gasteiger partial charge < -0.3 is 4.57 Å². The van der Waals surface area contributed by atoms with Crippen LogP contribution in [0.1, 0.15) is 5.56 Å². The van der Waals surface area contributed by atoms with Gasteiger partial charge >= 0.3 is 0 Å². The highest BCUT2D eigenvalue weighted by atomic mass is 127. The number of aromatic nitrogens is 1. The Labute approximate surface area is 73.0 Å². The molecule has 1 aromatic heterocycles. The summed E-state index contributed by atoms with van der Waals surface area (Å²) < 4.78 is 2.70. The first-order valence-corrected chi connectivity index (χ1v) is 4.02. The van der Waals surface area contributed by atoms with Crippen molar-refractivity contribution in [2.75, 3.05) is 0 Å². The highest BCUT2D eigenvalue weighted by molar-refractivity contribution is 14.1. The van der Waals surface area contributed by atoms with Crippen LogP contribution in [0.2, 0.25) is 0 Å². The van der Waals surface area contributed by atoms with Crippen molar-refractivity contribution in [2.24, 2.45) is 7.05 Å². The Bertz CT molecular complexity index is 303. The molecule has 0 amide bonds. The first-order chi connectivity index (χ1) is 4.61. The van der Waals surface area contributed by atoms with Crippen molar-refractivity contribution in [3.8, 4) is 0 Å². The van der Waals surface area contributed by atoms with Crippen LogP contribution in [0, 0.1) is 10.5 Å². The van der Waals surface area contributed by atoms with E-state index in [1.807, 2.05) is 13.1 Å². The second kappa shape index (κ2) is 2.74. The Hall–Kier alpha value is -0.320. The molecule has 54 valence electrons. The van der Waals surface area contributed by atoms with Crippen molar-refractivity contribution in [1.29, 1.82) is 0 Å². The first kappa shape index (κ1) is 7.78. The average molecular weight is 249 g/mol. The molecule has 0 fully saturated rings. The van der Waals surface area contributed by atoms with E-state index in [9.17, 15) is 4.79 Å². The van der Waals surface area contributed by atoms with E-state index in [4.69, 9.17) is 0 Å². The Morgan fingerprint density at radius 3 is 2.70 bits per heavy atom. The van der Waals surface area contributed by atoms with Crippen molar-refractivity contribution >= 4 is 22.6 Å². The van der Waals surface area contributed by atoms with E-state index in [2.05, 4.69) is 22.6 Å². The molecule has 0 radical (unpaired) electrons. The molecule has 2 nitrogen and oxygen atoms in total. The van der Waals surface area contributed by atoms with Gasteiger partial charge in [-0.15, -0.1) is 0 Å². The number of hydrogen-bond donors (Lipinski definition) is 0. The van der Waals surface area contributed by atoms with Gasteiger partial charge in [0, 0.05) is 22.9 Å². The Morgan fingerprint density at radius 1 is 1.60 bits per heavy atom. The van der Waals surface area contributed by atoms with Crippen molar-refractivity contribution in [3.63, 3.8) is 0 Å². The quantitative estimate of drug-likeness (QED) is 0.635. The molecule has 0 atom stereocenters. The van der Waals surface area contributed by atoms with Gasteiger partial charge in [-0.05, 0) is 35.1 Å². The van der Waals surface area contributed by atoms with Gasteiger partial charge in [0.2, 0.25) is 0 Å². The number of halogens is 1. The summed E-state index contributed by atoms with van der Waals surface area (Å²) in [4.78, 5) is 11.0. The summed E-state index contributed by atoms with van der Waals surface area (Å²) in [6.45, 7) is 1.93. The van der Waals surface area contributed by atoms with E-state index >= 15 is 0 Å². The van der Waals surface area contributed by atoms with E-state index in [-0.39, 0.29) is 5.56 Å². The standard InChI is InChI=1S/C7H8INO/c1-5-3-7(10)9(2)4-6(5)8/h3-4H,1-2H3. The molecule has 0 spiro atoms. The minimum Gasteiger partial charge on any atom is -0.318 e. The zero-order valence-electron chi connectivity index (χ0n) is 5.89. The van der Waals surface area contributed by atoms with Gasteiger partial charge in [-0.3, -0.25) is 4.79 Å². The number of rotatable bonds is 0. The molecule has 0 bridgehead atoms. The van der Waals surface area contributed by atoms with Crippen LogP contribution < -0.4 is 5.56 Å². The molecule has 1 heterocycles. The molecule has 0 saturated heterocycles. The van der Waals surface area contributed by atoms with Gasteiger partial charge in [-0.2, -0.15) is 0 Å². The zero-order chi connectivity index (χ0) is 7.72. The third-order valence-electron chi connectivity index (χ3n) is 1.37. The van der Waals surface area contributed by atoms with Gasteiger partial charge in [-0.1, -0.05) is 0 Å². The van der Waals surface area contributed by atoms with E-state index in [1.54, 1.807) is 17.7 Å². The molecule has 0 aromatic carbocycles. The number of pyridine rings is 1. The molecule has 0 N–H and O–H groups in total. The minimum absolute atomic E-state index is 0.0536. The average Bonchev–Trinajstić information content (AvgIpc) is 1.84. The summed E-state index contributed by atoms with van der Waals surface area (Å²) in [5.74, 6) is 0. The summed E-state index contributed by atoms with van der Waals surface area (Å²) >= 11 is 2.21. The molecule has 0 aliphatic rings. The molecule has 0 aliphatic heterocycles. The number of aryl methyl sites for hydroxylation is 2. The molecular weight excluding hydrogens is 241 g/mol. The minimum atomic E-state index is 0.0536. The molecular formula is C7H8INO. The van der Waals surface area contributed by atoms with Crippen molar-refractivity contribution in [1.82, 2.24) is 4.57 Å². The van der Waals surface area contributed by atoms with Gasteiger partial charge in [0.25, 0.3) is 5.56 Å². The van der Waals surface area contributed by atoms with E-state index in [0.717, 1.165) is 9.13 Å². The number of hydrogen-bond acceptors (Lipinski definition) is 1. The fourth-order valence-corrected chi connectivity index (χ4v) is 1.26. The molecule has 0 aliphatic carbocycles. The zero-order valence-corrected chi connectivity index (χ0v) is 8.05. The topological polar surface area (TPSA) is 22.0 Å². The molecule has 0 saturated carbocycles.